The highest BCUT2D eigenvalue weighted by molar-refractivity contribution is 6.31. The lowest BCUT2D eigenvalue weighted by molar-refractivity contribution is -0.106. The number of hydrogen-bond acceptors (Lipinski definition) is 1. The second-order valence-corrected chi connectivity index (χ2v) is 5.72. The topological polar surface area (TPSA) is 36.0 Å². The maximum absolute atomic E-state index is 13.3. The van der Waals surface area contributed by atoms with Gasteiger partial charge in [-0.05, 0) is 36.6 Å². The third-order valence-electron chi connectivity index (χ3n) is 3.94. The van der Waals surface area contributed by atoms with Crippen molar-refractivity contribution in [1.29, 1.82) is 0 Å². The number of aliphatic hydroxyl groups is 1. The van der Waals surface area contributed by atoms with Crippen molar-refractivity contribution in [2.75, 3.05) is 0 Å². The first-order valence-electron chi connectivity index (χ1n) is 6.27. The second-order valence-electron chi connectivity index (χ2n) is 5.28. The number of aromatic nitrogens is 1. The molecule has 0 atom stereocenters. The van der Waals surface area contributed by atoms with E-state index in [9.17, 15) is 13.9 Å². The predicted octanol–water partition coefficient (Wildman–Crippen LogP) is 4.22. The summed E-state index contributed by atoms with van der Waals surface area (Å²) in [6, 6.07) is 5.29. The van der Waals surface area contributed by atoms with E-state index in [1.165, 1.54) is 0 Å². The van der Waals surface area contributed by atoms with Crippen molar-refractivity contribution in [3.05, 3.63) is 35.0 Å². The maximum Gasteiger partial charge on any atom is 0.248 e. The zero-order chi connectivity index (χ0) is 13.7. The standard InChI is InChI=1S/C14H14ClF2NO/c15-9-7-11(10-1-6-18-12(10)8-9)13(19)2-4-14(16,17)5-3-13/h1,6-8,18-19H,2-5H2. The van der Waals surface area contributed by atoms with Crippen molar-refractivity contribution in [2.45, 2.75) is 37.2 Å². The summed E-state index contributed by atoms with van der Waals surface area (Å²) in [6.07, 6.45) is 1.29. The first kappa shape index (κ1) is 12.9. The Hall–Kier alpha value is -1.13. The highest BCUT2D eigenvalue weighted by atomic mass is 35.5. The summed E-state index contributed by atoms with van der Waals surface area (Å²) in [5, 5.41) is 12.1. The summed E-state index contributed by atoms with van der Waals surface area (Å²) in [5.41, 5.74) is 0.243. The molecular weight excluding hydrogens is 272 g/mol. The molecule has 0 spiro atoms. The summed E-state index contributed by atoms with van der Waals surface area (Å²) < 4.78 is 26.5. The summed E-state index contributed by atoms with van der Waals surface area (Å²) >= 11 is 6.04. The smallest absolute Gasteiger partial charge is 0.248 e. The van der Waals surface area contributed by atoms with Gasteiger partial charge in [-0.3, -0.25) is 0 Å². The van der Waals surface area contributed by atoms with E-state index < -0.39 is 11.5 Å². The molecule has 3 rings (SSSR count). The van der Waals surface area contributed by atoms with Crippen LogP contribution < -0.4 is 0 Å². The summed E-state index contributed by atoms with van der Waals surface area (Å²) in [7, 11) is 0. The highest BCUT2D eigenvalue weighted by Crippen LogP contribution is 2.46. The fraction of sp³-hybridized carbons (Fsp3) is 0.429. The SMILES string of the molecule is OC1(c2cc(Cl)cc3[nH]ccc23)CCC(F)(F)CC1. The molecule has 1 saturated carbocycles. The molecule has 0 bridgehead atoms. The van der Waals surface area contributed by atoms with Gasteiger partial charge in [-0.25, -0.2) is 8.78 Å². The van der Waals surface area contributed by atoms with Crippen LogP contribution >= 0.6 is 11.6 Å². The maximum atomic E-state index is 13.3. The average molecular weight is 286 g/mol. The zero-order valence-electron chi connectivity index (χ0n) is 10.2. The number of benzene rings is 1. The van der Waals surface area contributed by atoms with Gasteiger partial charge in [0, 0.05) is 35.0 Å². The van der Waals surface area contributed by atoms with Crippen molar-refractivity contribution in [1.82, 2.24) is 4.98 Å². The molecule has 1 fully saturated rings. The van der Waals surface area contributed by atoms with Gasteiger partial charge in [-0.1, -0.05) is 11.6 Å². The van der Waals surface area contributed by atoms with Crippen LogP contribution in [0.3, 0.4) is 0 Å². The Bertz CT molecular complexity index is 613. The van der Waals surface area contributed by atoms with Crippen LogP contribution in [-0.2, 0) is 5.60 Å². The Kier molecular flexibility index (Phi) is 2.84. The number of H-pyrrole nitrogens is 1. The molecule has 0 unspecified atom stereocenters. The number of fused-ring (bicyclic) bond motifs is 1. The minimum absolute atomic E-state index is 0.0562. The average Bonchev–Trinajstić information content (AvgIpc) is 2.80. The number of alkyl halides is 2. The fourth-order valence-electron chi connectivity index (χ4n) is 2.82. The molecule has 1 aromatic heterocycles. The van der Waals surface area contributed by atoms with Crippen molar-refractivity contribution in [3.63, 3.8) is 0 Å². The van der Waals surface area contributed by atoms with Gasteiger partial charge < -0.3 is 10.1 Å². The van der Waals surface area contributed by atoms with E-state index in [1.54, 1.807) is 18.3 Å². The monoisotopic (exact) mass is 285 g/mol. The van der Waals surface area contributed by atoms with Gasteiger partial charge in [0.05, 0.1) is 5.60 Å². The Balaban J connectivity index is 2.06. The van der Waals surface area contributed by atoms with Crippen LogP contribution in [0.25, 0.3) is 10.9 Å². The minimum atomic E-state index is -2.66. The summed E-state index contributed by atoms with van der Waals surface area (Å²) in [4.78, 5) is 3.03. The van der Waals surface area contributed by atoms with E-state index in [-0.39, 0.29) is 25.7 Å². The molecule has 2 N–H and O–H groups in total. The van der Waals surface area contributed by atoms with Crippen LogP contribution in [0.2, 0.25) is 5.02 Å². The van der Waals surface area contributed by atoms with Crippen LogP contribution in [0.4, 0.5) is 8.78 Å². The van der Waals surface area contributed by atoms with E-state index in [2.05, 4.69) is 4.98 Å². The number of halogens is 3. The second kappa shape index (κ2) is 4.18. The lowest BCUT2D eigenvalue weighted by Crippen LogP contribution is -2.36. The molecule has 102 valence electrons. The normalized spacial score (nSPS) is 21.7. The first-order valence-corrected chi connectivity index (χ1v) is 6.65. The van der Waals surface area contributed by atoms with Gasteiger partial charge >= 0.3 is 0 Å². The number of rotatable bonds is 1. The van der Waals surface area contributed by atoms with Gasteiger partial charge in [-0.2, -0.15) is 0 Å². The summed E-state index contributed by atoms with van der Waals surface area (Å²) in [5.74, 6) is -2.66. The largest absolute Gasteiger partial charge is 0.385 e. The molecule has 5 heteroatoms. The van der Waals surface area contributed by atoms with Crippen LogP contribution in [-0.4, -0.2) is 16.0 Å². The van der Waals surface area contributed by atoms with Crippen LogP contribution in [0.15, 0.2) is 24.4 Å². The quantitative estimate of drug-likeness (QED) is 0.808. The molecule has 0 radical (unpaired) electrons. The summed E-state index contributed by atoms with van der Waals surface area (Å²) in [6.45, 7) is 0. The Morgan fingerprint density at radius 3 is 2.53 bits per heavy atom. The fourth-order valence-corrected chi connectivity index (χ4v) is 3.03. The molecular formula is C14H14ClF2NO. The van der Waals surface area contributed by atoms with Crippen molar-refractivity contribution < 1.29 is 13.9 Å². The molecule has 2 nitrogen and oxygen atoms in total. The van der Waals surface area contributed by atoms with Crippen molar-refractivity contribution in [3.8, 4) is 0 Å². The van der Waals surface area contributed by atoms with Gasteiger partial charge in [0.2, 0.25) is 5.92 Å². The number of aromatic amines is 1. The Morgan fingerprint density at radius 2 is 1.84 bits per heavy atom. The van der Waals surface area contributed by atoms with Gasteiger partial charge in [0.25, 0.3) is 0 Å². The number of hydrogen-bond donors (Lipinski definition) is 2. The zero-order valence-corrected chi connectivity index (χ0v) is 11.0. The molecule has 1 aliphatic carbocycles. The first-order chi connectivity index (χ1) is 8.90. The van der Waals surface area contributed by atoms with Crippen molar-refractivity contribution in [2.24, 2.45) is 0 Å². The Morgan fingerprint density at radius 1 is 1.16 bits per heavy atom. The van der Waals surface area contributed by atoms with Gasteiger partial charge in [-0.15, -0.1) is 0 Å². The molecule has 1 aliphatic rings. The third-order valence-corrected chi connectivity index (χ3v) is 4.16. The minimum Gasteiger partial charge on any atom is -0.385 e. The molecule has 0 saturated heterocycles. The lowest BCUT2D eigenvalue weighted by atomic mass is 9.77. The van der Waals surface area contributed by atoms with E-state index in [0.29, 0.717) is 10.6 Å². The molecule has 1 aromatic carbocycles. The molecule has 2 aromatic rings. The number of nitrogens with one attached hydrogen (secondary N) is 1. The highest BCUT2D eigenvalue weighted by Gasteiger charge is 2.43. The van der Waals surface area contributed by atoms with Crippen LogP contribution in [0.5, 0.6) is 0 Å². The lowest BCUT2D eigenvalue weighted by Gasteiger charge is -2.36. The molecule has 19 heavy (non-hydrogen) atoms. The van der Waals surface area contributed by atoms with Crippen LogP contribution in [0.1, 0.15) is 31.2 Å². The molecule has 1 heterocycles. The Labute approximate surface area is 114 Å². The van der Waals surface area contributed by atoms with E-state index in [1.807, 2.05) is 6.07 Å². The van der Waals surface area contributed by atoms with E-state index in [4.69, 9.17) is 11.6 Å². The van der Waals surface area contributed by atoms with E-state index in [0.717, 1.165) is 10.9 Å². The van der Waals surface area contributed by atoms with Crippen LogP contribution in [0, 0.1) is 0 Å². The molecule has 0 amide bonds. The third kappa shape index (κ3) is 2.23. The predicted molar refractivity (Wildman–Crippen MR) is 70.6 cm³/mol. The van der Waals surface area contributed by atoms with E-state index >= 15 is 0 Å². The van der Waals surface area contributed by atoms with Gasteiger partial charge in [0.15, 0.2) is 0 Å². The van der Waals surface area contributed by atoms with Gasteiger partial charge in [0.1, 0.15) is 0 Å². The van der Waals surface area contributed by atoms with Crippen molar-refractivity contribution >= 4 is 22.5 Å². The molecule has 0 aliphatic heterocycles.